The number of imidazole rings is 1. The van der Waals surface area contributed by atoms with Crippen molar-refractivity contribution >= 4 is 22.2 Å². The van der Waals surface area contributed by atoms with E-state index < -0.39 is 0 Å². The van der Waals surface area contributed by atoms with Gasteiger partial charge in [0.1, 0.15) is 49.0 Å². The van der Waals surface area contributed by atoms with Gasteiger partial charge in [-0.15, -0.1) is 0 Å². The molecule has 0 spiro atoms. The van der Waals surface area contributed by atoms with Gasteiger partial charge >= 0.3 is 0 Å². The number of anilines is 1. The van der Waals surface area contributed by atoms with Crippen LogP contribution >= 0.6 is 0 Å². The van der Waals surface area contributed by atoms with Crippen molar-refractivity contribution in [3.63, 3.8) is 0 Å². The highest BCUT2D eigenvalue weighted by atomic mass is 15.3. The molecule has 37 heavy (non-hydrogen) atoms. The summed E-state index contributed by atoms with van der Waals surface area (Å²) in [6, 6.07) is 21.7. The molecule has 7 heteroatoms. The van der Waals surface area contributed by atoms with Crippen LogP contribution in [0, 0.1) is 0 Å². The second-order valence-corrected chi connectivity index (χ2v) is 10.8. The molecule has 1 aliphatic heterocycles. The van der Waals surface area contributed by atoms with Crippen molar-refractivity contribution in [2.45, 2.75) is 24.8 Å². The fraction of sp³-hybridized carbons (Fsp3) is 0.300. The summed E-state index contributed by atoms with van der Waals surface area (Å²) in [5.41, 5.74) is 12.3. The van der Waals surface area contributed by atoms with Crippen LogP contribution in [-0.2, 0) is 0 Å². The van der Waals surface area contributed by atoms with Gasteiger partial charge in [0, 0.05) is 47.7 Å². The van der Waals surface area contributed by atoms with Gasteiger partial charge in [-0.05, 0) is 12.1 Å². The molecule has 186 valence electrons. The highest BCUT2D eigenvalue weighted by molar-refractivity contribution is 5.91. The van der Waals surface area contributed by atoms with Gasteiger partial charge in [-0.3, -0.25) is 4.40 Å². The number of hydrogen-bond acceptors (Lipinski definition) is 4. The molecule has 2 aliphatic rings. The predicted octanol–water partition coefficient (Wildman–Crippen LogP) is 1.85. The van der Waals surface area contributed by atoms with Crippen molar-refractivity contribution in [2.75, 3.05) is 39.0 Å². The number of nitrogen functional groups attached to an aromatic ring is 1. The maximum atomic E-state index is 6.44. The van der Waals surface area contributed by atoms with Gasteiger partial charge in [0.2, 0.25) is 0 Å². The van der Waals surface area contributed by atoms with Gasteiger partial charge in [0.25, 0.3) is 0 Å². The van der Waals surface area contributed by atoms with Gasteiger partial charge < -0.3 is 15.5 Å². The third-order valence-corrected chi connectivity index (χ3v) is 8.47. The van der Waals surface area contributed by atoms with E-state index in [1.54, 1.807) is 16.0 Å². The average molecular weight is 492 g/mol. The number of piperazine rings is 1. The number of nitrogens with one attached hydrogen (secondary N) is 2. The topological polar surface area (TPSA) is 78.0 Å². The molecule has 0 bridgehead atoms. The number of nitrogens with two attached hydrogens (primary N) is 1. The molecular weight excluding hydrogens is 458 g/mol. The van der Waals surface area contributed by atoms with Gasteiger partial charge in [0.15, 0.2) is 0 Å². The lowest BCUT2D eigenvalue weighted by molar-refractivity contribution is -1.02. The summed E-state index contributed by atoms with van der Waals surface area (Å²) >= 11 is 0. The monoisotopic (exact) mass is 491 g/mol. The largest absolute Gasteiger partial charge is 0.382 e. The zero-order valence-corrected chi connectivity index (χ0v) is 21.2. The molecule has 2 aromatic carbocycles. The van der Waals surface area contributed by atoms with Crippen molar-refractivity contribution in [3.05, 3.63) is 78.9 Å². The van der Waals surface area contributed by atoms with Crippen LogP contribution in [0.5, 0.6) is 0 Å². The van der Waals surface area contributed by atoms with E-state index in [4.69, 9.17) is 15.7 Å². The van der Waals surface area contributed by atoms with Gasteiger partial charge in [-0.2, -0.15) is 0 Å². The Morgan fingerprint density at radius 2 is 1.68 bits per heavy atom. The van der Waals surface area contributed by atoms with Crippen LogP contribution in [0.15, 0.2) is 73.1 Å². The lowest BCUT2D eigenvalue weighted by Gasteiger charge is -2.41. The normalized spacial score (nSPS) is 23.8. The molecular formula is C30H33N7+2. The van der Waals surface area contributed by atoms with Crippen molar-refractivity contribution < 1.29 is 9.80 Å². The number of rotatable bonds is 4. The van der Waals surface area contributed by atoms with Crippen LogP contribution in [0.25, 0.3) is 38.9 Å². The zero-order chi connectivity index (χ0) is 24.9. The Balaban J connectivity index is 1.24. The summed E-state index contributed by atoms with van der Waals surface area (Å²) in [6.45, 7) is 5.11. The van der Waals surface area contributed by atoms with Gasteiger partial charge in [-0.25, -0.2) is 15.0 Å². The van der Waals surface area contributed by atoms with Crippen LogP contribution in [0.1, 0.15) is 24.6 Å². The van der Waals surface area contributed by atoms with Crippen molar-refractivity contribution in [2.24, 2.45) is 0 Å². The van der Waals surface area contributed by atoms with Crippen molar-refractivity contribution in [1.82, 2.24) is 19.4 Å². The summed E-state index contributed by atoms with van der Waals surface area (Å²) in [7, 11) is 2.31. The number of pyridine rings is 1. The number of fused-ring (bicyclic) bond motifs is 2. The molecule has 7 rings (SSSR count). The Kier molecular flexibility index (Phi) is 5.41. The standard InChI is InChI=1S/C30H31N7/c1-35-13-15-36(16-14-35)24-17-23(18-24)30-34-27(28-29(31)32-11-12-37(28)30)22-8-7-21-9-10-25(33-26(21)19-22)20-5-3-2-4-6-20/h2-12,19,23-24H,13-18H2,1H3,(H2,31,32)/p+2. The van der Waals surface area contributed by atoms with E-state index in [0.717, 1.165) is 50.8 Å². The van der Waals surface area contributed by atoms with Crippen LogP contribution < -0.4 is 15.5 Å². The first-order valence-corrected chi connectivity index (χ1v) is 13.4. The van der Waals surface area contributed by atoms with Crippen LogP contribution in [-0.4, -0.2) is 58.6 Å². The van der Waals surface area contributed by atoms with E-state index in [2.05, 4.69) is 58.9 Å². The van der Waals surface area contributed by atoms with Crippen LogP contribution in [0.3, 0.4) is 0 Å². The maximum absolute atomic E-state index is 6.44. The zero-order valence-electron chi connectivity index (χ0n) is 21.2. The number of benzene rings is 2. The number of hydrogen-bond donors (Lipinski definition) is 3. The van der Waals surface area contributed by atoms with Crippen molar-refractivity contribution in [1.29, 1.82) is 0 Å². The summed E-state index contributed by atoms with van der Waals surface area (Å²) in [5.74, 6) is 2.09. The molecule has 0 amide bonds. The minimum Gasteiger partial charge on any atom is -0.382 e. The molecule has 2 fully saturated rings. The molecule has 4 N–H and O–H groups in total. The predicted molar refractivity (Wildman–Crippen MR) is 147 cm³/mol. The molecule has 1 aliphatic carbocycles. The second-order valence-electron chi connectivity index (χ2n) is 10.8. The molecule has 0 atom stereocenters. The fourth-order valence-corrected chi connectivity index (χ4v) is 6.18. The average Bonchev–Trinajstić information content (AvgIpc) is 3.29. The van der Waals surface area contributed by atoms with Gasteiger partial charge in [-0.1, -0.05) is 48.5 Å². The Labute approximate surface area is 216 Å². The third-order valence-electron chi connectivity index (χ3n) is 8.47. The molecule has 1 saturated carbocycles. The number of likely N-dealkylation sites (N-methyl/N-ethyl adjacent to an activating group) is 1. The van der Waals surface area contributed by atoms with Crippen molar-refractivity contribution in [3.8, 4) is 22.5 Å². The fourth-order valence-electron chi connectivity index (χ4n) is 6.18. The molecule has 0 unspecified atom stereocenters. The van der Waals surface area contributed by atoms with E-state index >= 15 is 0 Å². The number of nitrogens with zero attached hydrogens (tertiary/aromatic N) is 4. The molecule has 4 heterocycles. The summed E-state index contributed by atoms with van der Waals surface area (Å²) in [4.78, 5) is 18.1. The first kappa shape index (κ1) is 22.4. The summed E-state index contributed by atoms with van der Waals surface area (Å²) < 4.78 is 2.18. The Morgan fingerprint density at radius 1 is 0.892 bits per heavy atom. The molecule has 0 radical (unpaired) electrons. The minimum atomic E-state index is 0.454. The smallest absolute Gasteiger partial charge is 0.150 e. The second kappa shape index (κ2) is 8.94. The van der Waals surface area contributed by atoms with E-state index in [0.29, 0.717) is 11.7 Å². The molecule has 3 aromatic heterocycles. The Hall–Kier alpha value is -3.81. The number of aromatic nitrogens is 4. The van der Waals surface area contributed by atoms with E-state index in [1.165, 1.54) is 39.0 Å². The highest BCUT2D eigenvalue weighted by Crippen LogP contribution is 2.39. The quantitative estimate of drug-likeness (QED) is 0.359. The molecule has 5 aromatic rings. The van der Waals surface area contributed by atoms with Gasteiger partial charge in [0.05, 0.1) is 24.3 Å². The first-order chi connectivity index (χ1) is 18.1. The summed E-state index contributed by atoms with van der Waals surface area (Å²) in [5, 5.41) is 1.11. The minimum absolute atomic E-state index is 0.454. The van der Waals surface area contributed by atoms with Crippen LogP contribution in [0.4, 0.5) is 5.82 Å². The summed E-state index contributed by atoms with van der Waals surface area (Å²) in [6.07, 6.45) is 6.18. The lowest BCUT2D eigenvalue weighted by Crippen LogP contribution is -3.29. The molecule has 1 saturated heterocycles. The highest BCUT2D eigenvalue weighted by Gasteiger charge is 2.41. The SMILES string of the molecule is C[NH+]1CC[NH+](C2CC(c3nc(-c4ccc5ccc(-c6ccccc6)nc5c4)c4c(N)nccn34)C2)CC1. The lowest BCUT2D eigenvalue weighted by atomic mass is 9.78. The first-order valence-electron chi connectivity index (χ1n) is 13.4. The Morgan fingerprint density at radius 3 is 2.49 bits per heavy atom. The van der Waals surface area contributed by atoms with E-state index in [9.17, 15) is 0 Å². The number of quaternary nitrogens is 2. The van der Waals surface area contributed by atoms with E-state index in [-0.39, 0.29) is 0 Å². The Bertz CT molecular complexity index is 1580. The third kappa shape index (κ3) is 3.95. The maximum Gasteiger partial charge on any atom is 0.150 e. The van der Waals surface area contributed by atoms with E-state index in [1.807, 2.05) is 24.4 Å². The van der Waals surface area contributed by atoms with Crippen LogP contribution in [0.2, 0.25) is 0 Å². The molecule has 7 nitrogen and oxygen atoms in total.